The molecular weight excluding hydrogens is 753 g/mol. The number of aryl methyl sites for hydroxylation is 4. The van der Waals surface area contributed by atoms with Crippen LogP contribution >= 0.6 is 0 Å². The van der Waals surface area contributed by atoms with Crippen molar-refractivity contribution in [1.29, 1.82) is 0 Å². The van der Waals surface area contributed by atoms with Gasteiger partial charge in [-0.05, 0) is 149 Å². The monoisotopic (exact) mass is 784 g/mol. The van der Waals surface area contributed by atoms with Crippen molar-refractivity contribution < 1.29 is 35.1 Å². The maximum absolute atomic E-state index is 13.9. The zero-order valence-electron chi connectivity index (χ0n) is 32.1. The van der Waals surface area contributed by atoms with Gasteiger partial charge < -0.3 is 0 Å². The molecule has 0 aliphatic heterocycles. The molecule has 0 aromatic heterocycles. The van der Waals surface area contributed by atoms with E-state index in [0.29, 0.717) is 33.4 Å². The van der Waals surface area contributed by atoms with Gasteiger partial charge in [0.15, 0.2) is 0 Å². The Morgan fingerprint density at radius 3 is 0.948 bits per heavy atom. The van der Waals surface area contributed by atoms with Crippen molar-refractivity contribution in [2.75, 3.05) is 0 Å². The number of halogens is 8. The van der Waals surface area contributed by atoms with E-state index in [-0.39, 0.29) is 33.4 Å². The summed E-state index contributed by atoms with van der Waals surface area (Å²) in [6.07, 6.45) is 0. The summed E-state index contributed by atoms with van der Waals surface area (Å²) in [4.78, 5) is 0. The number of benzene rings is 6. The van der Waals surface area contributed by atoms with Crippen LogP contribution in [-0.2, 0) is 0 Å². The molecule has 0 saturated carbocycles. The third kappa shape index (κ3) is 10.6. The van der Waals surface area contributed by atoms with Gasteiger partial charge in [-0.3, -0.25) is 0 Å². The van der Waals surface area contributed by atoms with Crippen LogP contribution in [0, 0.1) is 135 Å². The first-order valence-corrected chi connectivity index (χ1v) is 17.6. The zero-order valence-corrected chi connectivity index (χ0v) is 32.1. The van der Waals surface area contributed by atoms with Crippen LogP contribution in [0.3, 0.4) is 0 Å². The van der Waals surface area contributed by atoms with E-state index in [1.54, 1.807) is 64.1 Å². The van der Waals surface area contributed by atoms with Gasteiger partial charge in [0.25, 0.3) is 0 Å². The number of hydrogen-bond acceptors (Lipinski definition) is 0. The van der Waals surface area contributed by atoms with Gasteiger partial charge in [-0.1, -0.05) is 47.4 Å². The summed E-state index contributed by atoms with van der Waals surface area (Å²) >= 11 is 0. The van der Waals surface area contributed by atoms with Gasteiger partial charge in [-0.15, -0.1) is 0 Å². The molecule has 0 atom stereocenters. The highest BCUT2D eigenvalue weighted by Gasteiger charge is 2.10. The van der Waals surface area contributed by atoms with Crippen LogP contribution in [-0.4, -0.2) is 0 Å². The van der Waals surface area contributed by atoms with Crippen molar-refractivity contribution in [1.82, 2.24) is 0 Å². The lowest BCUT2D eigenvalue weighted by Gasteiger charge is -2.01. The molecule has 6 aromatic carbocycles. The molecule has 6 aromatic rings. The summed E-state index contributed by atoms with van der Waals surface area (Å²) in [6.45, 7) is 9.53. The van der Waals surface area contributed by atoms with Crippen molar-refractivity contribution in [3.63, 3.8) is 0 Å². The molecule has 0 aliphatic carbocycles. The van der Waals surface area contributed by atoms with Gasteiger partial charge in [-0.2, -0.15) is 0 Å². The normalized spacial score (nSPS) is 10.0. The molecule has 6 rings (SSSR count). The second-order valence-electron chi connectivity index (χ2n) is 13.4. The van der Waals surface area contributed by atoms with Crippen molar-refractivity contribution in [3.05, 3.63) is 209 Å². The van der Waals surface area contributed by atoms with E-state index in [9.17, 15) is 35.1 Å². The fourth-order valence-corrected chi connectivity index (χ4v) is 5.39. The summed E-state index contributed by atoms with van der Waals surface area (Å²) in [6, 6.07) is 19.9. The first kappa shape index (κ1) is 42.1. The lowest BCUT2D eigenvalue weighted by atomic mass is 10.0. The van der Waals surface area contributed by atoms with Crippen LogP contribution in [0.4, 0.5) is 35.1 Å². The predicted octanol–water partition coefficient (Wildman–Crippen LogP) is 11.9. The number of rotatable bonds is 0. The van der Waals surface area contributed by atoms with Crippen LogP contribution < -0.4 is 0 Å². The summed E-state index contributed by atoms with van der Waals surface area (Å²) in [5.41, 5.74) is 4.79. The third-order valence-electron chi connectivity index (χ3n) is 8.73. The quantitative estimate of drug-likeness (QED) is 0.106. The van der Waals surface area contributed by atoms with E-state index < -0.39 is 46.5 Å². The molecule has 0 N–H and O–H groups in total. The van der Waals surface area contributed by atoms with Crippen molar-refractivity contribution in [2.24, 2.45) is 0 Å². The van der Waals surface area contributed by atoms with Gasteiger partial charge in [-0.25, -0.2) is 35.1 Å². The van der Waals surface area contributed by atoms with E-state index >= 15 is 0 Å². The van der Waals surface area contributed by atoms with Gasteiger partial charge in [0.2, 0.25) is 0 Å². The molecule has 0 radical (unpaired) electrons. The van der Waals surface area contributed by atoms with Crippen LogP contribution in [0.15, 0.2) is 84.9 Å². The first-order valence-electron chi connectivity index (χ1n) is 17.6. The fraction of sp³-hybridized carbons (Fsp3) is 0.120. The Morgan fingerprint density at radius 1 is 0.293 bits per heavy atom. The largest absolute Gasteiger partial charge is 0.207 e. The van der Waals surface area contributed by atoms with Crippen LogP contribution in [0.2, 0.25) is 0 Å². The van der Waals surface area contributed by atoms with Crippen molar-refractivity contribution >= 4 is 0 Å². The van der Waals surface area contributed by atoms with E-state index in [4.69, 9.17) is 0 Å². The Labute approximate surface area is 332 Å². The maximum atomic E-state index is 13.9. The van der Waals surface area contributed by atoms with Gasteiger partial charge in [0.1, 0.15) is 46.5 Å². The van der Waals surface area contributed by atoms with E-state index in [1.165, 1.54) is 62.4 Å². The Bertz CT molecular complexity index is 2760. The molecule has 58 heavy (non-hydrogen) atoms. The summed E-state index contributed by atoms with van der Waals surface area (Å²) < 4.78 is 110. The molecule has 8 heteroatoms. The van der Waals surface area contributed by atoms with Gasteiger partial charge >= 0.3 is 0 Å². The highest BCUT2D eigenvalue weighted by Crippen LogP contribution is 2.19. The predicted molar refractivity (Wildman–Crippen MR) is 211 cm³/mol. The first-order chi connectivity index (χ1) is 27.5. The Morgan fingerprint density at radius 2 is 0.586 bits per heavy atom. The molecule has 0 spiro atoms. The molecule has 288 valence electrons. The minimum atomic E-state index is -0.702. The summed E-state index contributed by atoms with van der Waals surface area (Å²) in [7, 11) is 0. The van der Waals surface area contributed by atoms with Gasteiger partial charge in [0, 0.05) is 44.5 Å². The molecule has 0 bridgehead atoms. The highest BCUT2D eigenvalue weighted by atomic mass is 19.2. The van der Waals surface area contributed by atoms with Gasteiger partial charge in [0.05, 0.1) is 11.1 Å². The Hall–Kier alpha value is -7.00. The van der Waals surface area contributed by atoms with E-state index in [2.05, 4.69) is 47.4 Å². The van der Waals surface area contributed by atoms with Crippen LogP contribution in [0.5, 0.6) is 0 Å². The molecule has 0 heterocycles. The third-order valence-corrected chi connectivity index (χ3v) is 8.73. The molecule has 0 amide bonds. The standard InChI is InChI=1S/2C25H16F4/c1-15-10-24(28)21(25(29)11-15)9-6-18-4-7-20(16(2)12-18)8-5-19-13-22(26)17(3)23(27)14-19;1-15-10-24(28)21(25(29)11-15)9-8-20-7-6-18(12-16(20)2)4-5-19-13-22(26)17(3)23(27)14-19/h4,7,10-14H,1-3H3;6-7,10-14H,1-3H3. The molecule has 0 unspecified atom stereocenters. The molecule has 0 aliphatic rings. The van der Waals surface area contributed by atoms with Crippen LogP contribution in [0.25, 0.3) is 0 Å². The minimum absolute atomic E-state index is 0.0453. The lowest BCUT2D eigenvalue weighted by molar-refractivity contribution is 0.567. The molecule has 0 saturated heterocycles. The number of hydrogen-bond donors (Lipinski definition) is 0. The second-order valence-corrected chi connectivity index (χ2v) is 13.4. The average Bonchev–Trinajstić information content (AvgIpc) is 3.14. The second kappa shape index (κ2) is 18.3. The van der Waals surface area contributed by atoms with Crippen LogP contribution in [0.1, 0.15) is 77.9 Å². The average molecular weight is 785 g/mol. The Kier molecular flexibility index (Phi) is 13.3. The van der Waals surface area contributed by atoms with Crippen molar-refractivity contribution in [2.45, 2.75) is 41.5 Å². The Balaban J connectivity index is 0.000000221. The lowest BCUT2D eigenvalue weighted by Crippen LogP contribution is -1.92. The van der Waals surface area contributed by atoms with E-state index in [1.807, 2.05) is 0 Å². The summed E-state index contributed by atoms with van der Waals surface area (Å²) in [5, 5.41) is 0. The maximum Gasteiger partial charge on any atom is 0.142 e. The summed E-state index contributed by atoms with van der Waals surface area (Å²) in [5.74, 6) is 16.4. The molecular formula is C50H32F8. The zero-order chi connectivity index (χ0) is 42.3. The minimum Gasteiger partial charge on any atom is -0.207 e. The SMILES string of the molecule is Cc1cc(F)c(C#Cc2ccc(C#Cc3cc(F)c(C)c(F)c3)c(C)c2)c(F)c1.Cc1cc(F)c(C#Cc2ccc(C#Cc3cc(F)c(C)c(F)c3)cc2C)c(F)c1. The van der Waals surface area contributed by atoms with E-state index in [0.717, 1.165) is 11.1 Å². The smallest absolute Gasteiger partial charge is 0.142 e. The van der Waals surface area contributed by atoms with Crippen molar-refractivity contribution in [3.8, 4) is 47.4 Å². The fourth-order valence-electron chi connectivity index (χ4n) is 5.39. The topological polar surface area (TPSA) is 0 Å². The molecule has 0 nitrogen and oxygen atoms in total. The molecule has 0 fully saturated rings. The highest BCUT2D eigenvalue weighted by molar-refractivity contribution is 5.54.